The number of halogens is 5. The van der Waals surface area contributed by atoms with Gasteiger partial charge in [0.1, 0.15) is 17.5 Å². The number of nitrogens with zero attached hydrogens (tertiary/aromatic N) is 2. The van der Waals surface area contributed by atoms with Crippen LogP contribution in [-0.2, 0) is 17.4 Å². The third-order valence-electron chi connectivity index (χ3n) is 5.44. The smallest absolute Gasteiger partial charge is 0.433 e. The van der Waals surface area contributed by atoms with E-state index in [0.717, 1.165) is 11.6 Å². The van der Waals surface area contributed by atoms with Crippen LogP contribution in [0.4, 0.5) is 18.9 Å². The molecular formula is C25H24Cl2F3N3O2. The molecule has 0 aliphatic carbocycles. The Balaban J connectivity index is 1.91. The van der Waals surface area contributed by atoms with Gasteiger partial charge in [-0.3, -0.25) is 9.78 Å². The van der Waals surface area contributed by atoms with Crippen LogP contribution in [0.1, 0.15) is 29.3 Å². The normalized spacial score (nSPS) is 12.2. The molecule has 2 aromatic carbocycles. The molecule has 0 aliphatic heterocycles. The van der Waals surface area contributed by atoms with E-state index in [-0.39, 0.29) is 5.91 Å². The molecule has 0 fully saturated rings. The van der Waals surface area contributed by atoms with E-state index in [0.29, 0.717) is 46.4 Å². The van der Waals surface area contributed by atoms with Gasteiger partial charge >= 0.3 is 6.18 Å². The molecular weight excluding hydrogens is 502 g/mol. The first-order valence-electron chi connectivity index (χ1n) is 10.7. The third-order valence-corrected chi connectivity index (χ3v) is 6.00. The van der Waals surface area contributed by atoms with E-state index in [1.807, 2.05) is 4.90 Å². The maximum Gasteiger partial charge on any atom is 0.433 e. The Bertz CT molecular complexity index is 1140. The van der Waals surface area contributed by atoms with Crippen molar-refractivity contribution in [1.29, 1.82) is 0 Å². The first-order valence-corrected chi connectivity index (χ1v) is 11.5. The number of benzene rings is 2. The highest BCUT2D eigenvalue weighted by Crippen LogP contribution is 2.34. The second-order valence-electron chi connectivity index (χ2n) is 7.73. The van der Waals surface area contributed by atoms with Gasteiger partial charge in [0.2, 0.25) is 5.91 Å². The first-order chi connectivity index (χ1) is 16.6. The van der Waals surface area contributed by atoms with Gasteiger partial charge in [-0.1, -0.05) is 41.4 Å². The second-order valence-corrected chi connectivity index (χ2v) is 8.58. The van der Waals surface area contributed by atoms with E-state index in [2.05, 4.69) is 10.3 Å². The number of amides is 1. The number of alkyl halides is 3. The van der Waals surface area contributed by atoms with Gasteiger partial charge < -0.3 is 15.0 Å². The van der Waals surface area contributed by atoms with E-state index in [9.17, 15) is 18.0 Å². The zero-order chi connectivity index (χ0) is 25.6. The monoisotopic (exact) mass is 525 g/mol. The quantitative estimate of drug-likeness (QED) is 0.354. The summed E-state index contributed by atoms with van der Waals surface area (Å²) in [6, 6.07) is 13.9. The van der Waals surface area contributed by atoms with Crippen molar-refractivity contribution in [1.82, 2.24) is 10.3 Å². The number of aryl methyl sites for hydroxylation is 1. The second kappa shape index (κ2) is 11.6. The molecule has 0 radical (unpaired) electrons. The molecule has 1 atom stereocenters. The largest absolute Gasteiger partial charge is 0.495 e. The zero-order valence-electron chi connectivity index (χ0n) is 19.1. The van der Waals surface area contributed by atoms with Gasteiger partial charge in [0.15, 0.2) is 0 Å². The molecule has 1 N–H and O–H groups in total. The Hall–Kier alpha value is -2.97. The predicted octanol–water partition coefficient (Wildman–Crippen LogP) is 6.34. The summed E-state index contributed by atoms with van der Waals surface area (Å²) in [5.41, 5.74) is 1.15. The summed E-state index contributed by atoms with van der Waals surface area (Å²) in [7, 11) is 3.06. The minimum atomic E-state index is -4.48. The molecule has 3 aromatic rings. The summed E-state index contributed by atoms with van der Waals surface area (Å²) < 4.78 is 43.8. The Kier molecular flexibility index (Phi) is 8.86. The number of aromatic nitrogens is 1. The maximum atomic E-state index is 13.0. The fourth-order valence-electron chi connectivity index (χ4n) is 3.68. The first kappa shape index (κ1) is 26.6. The molecule has 186 valence electrons. The molecule has 1 aromatic heterocycles. The topological polar surface area (TPSA) is 54.5 Å². The van der Waals surface area contributed by atoms with Crippen molar-refractivity contribution in [3.05, 3.63) is 87.7 Å². The van der Waals surface area contributed by atoms with Crippen molar-refractivity contribution >= 4 is 34.8 Å². The SMILES string of the molecule is CNC(=O)[C@H](c1ccc(Cl)cc1)N(CCCc1ccc(C(F)(F)F)nc1)c1ccc(Cl)c(OC)c1. The van der Waals surface area contributed by atoms with Gasteiger partial charge in [-0.2, -0.15) is 13.2 Å². The number of carbonyl (C=O) groups is 1. The van der Waals surface area contributed by atoms with E-state index in [4.69, 9.17) is 27.9 Å². The number of ether oxygens (including phenoxy) is 1. The highest BCUT2D eigenvalue weighted by molar-refractivity contribution is 6.32. The maximum absolute atomic E-state index is 13.0. The Morgan fingerprint density at radius 1 is 1.11 bits per heavy atom. The molecule has 0 spiro atoms. The van der Waals surface area contributed by atoms with Crippen molar-refractivity contribution in [2.45, 2.75) is 25.1 Å². The summed E-state index contributed by atoms with van der Waals surface area (Å²) >= 11 is 12.3. The lowest BCUT2D eigenvalue weighted by atomic mass is 10.0. The number of hydrogen-bond acceptors (Lipinski definition) is 4. The number of carbonyl (C=O) groups excluding carboxylic acids is 1. The van der Waals surface area contributed by atoms with Crippen molar-refractivity contribution in [3.8, 4) is 5.75 Å². The molecule has 1 amide bonds. The Morgan fingerprint density at radius 3 is 2.40 bits per heavy atom. The van der Waals surface area contributed by atoms with Crippen LogP contribution in [0.25, 0.3) is 0 Å². The number of hydrogen-bond donors (Lipinski definition) is 1. The number of nitrogens with one attached hydrogen (secondary N) is 1. The number of likely N-dealkylation sites (N-methyl/N-ethyl adjacent to an activating group) is 1. The van der Waals surface area contributed by atoms with E-state index in [1.54, 1.807) is 49.5 Å². The summed E-state index contributed by atoms with van der Waals surface area (Å²) in [4.78, 5) is 18.5. The molecule has 1 heterocycles. The molecule has 0 aliphatic rings. The molecule has 5 nitrogen and oxygen atoms in total. The average Bonchev–Trinajstić information content (AvgIpc) is 2.84. The standard InChI is InChI=1S/C25H24Cl2F3N3O2/c1-31-24(34)23(17-6-8-18(26)9-7-17)33(19-10-11-20(27)21(14-19)35-2)13-3-4-16-5-12-22(32-15-16)25(28,29)30/h5-12,14-15,23H,3-4,13H2,1-2H3,(H,31,34)/t23-/m0/s1. The highest BCUT2D eigenvalue weighted by atomic mass is 35.5. The van der Waals surface area contributed by atoms with Crippen LogP contribution < -0.4 is 15.0 Å². The lowest BCUT2D eigenvalue weighted by Crippen LogP contribution is -2.40. The van der Waals surface area contributed by atoms with Gasteiger partial charge in [0.05, 0.1) is 12.1 Å². The van der Waals surface area contributed by atoms with Crippen LogP contribution in [0.5, 0.6) is 5.75 Å². The van der Waals surface area contributed by atoms with Crippen molar-refractivity contribution in [2.75, 3.05) is 25.6 Å². The lowest BCUT2D eigenvalue weighted by Gasteiger charge is -2.33. The van der Waals surface area contributed by atoms with Crippen LogP contribution in [-0.4, -0.2) is 31.6 Å². The van der Waals surface area contributed by atoms with Crippen LogP contribution in [0.2, 0.25) is 10.0 Å². The molecule has 0 saturated heterocycles. The van der Waals surface area contributed by atoms with Crippen molar-refractivity contribution in [2.24, 2.45) is 0 Å². The predicted molar refractivity (Wildman–Crippen MR) is 131 cm³/mol. The minimum absolute atomic E-state index is 0.238. The number of methoxy groups -OCH3 is 1. The molecule has 3 rings (SSSR count). The molecule has 0 saturated carbocycles. The van der Waals surface area contributed by atoms with Crippen LogP contribution >= 0.6 is 23.2 Å². The van der Waals surface area contributed by atoms with Crippen LogP contribution in [0, 0.1) is 0 Å². The van der Waals surface area contributed by atoms with Gasteiger partial charge in [0, 0.05) is 36.6 Å². The molecule has 10 heteroatoms. The summed E-state index contributed by atoms with van der Waals surface area (Å²) in [5.74, 6) is 0.213. The van der Waals surface area contributed by atoms with E-state index < -0.39 is 17.9 Å². The summed E-state index contributed by atoms with van der Waals surface area (Å²) in [6.45, 7) is 0.409. The minimum Gasteiger partial charge on any atom is -0.495 e. The van der Waals surface area contributed by atoms with Crippen LogP contribution in [0.15, 0.2) is 60.8 Å². The third kappa shape index (κ3) is 6.80. The Labute approximate surface area is 211 Å². The van der Waals surface area contributed by atoms with E-state index >= 15 is 0 Å². The van der Waals surface area contributed by atoms with Crippen molar-refractivity contribution in [3.63, 3.8) is 0 Å². The van der Waals surface area contributed by atoms with Gasteiger partial charge in [0.25, 0.3) is 0 Å². The number of anilines is 1. The van der Waals surface area contributed by atoms with E-state index in [1.165, 1.54) is 19.4 Å². The van der Waals surface area contributed by atoms with Crippen molar-refractivity contribution < 1.29 is 22.7 Å². The van der Waals surface area contributed by atoms with Gasteiger partial charge in [-0.05, 0) is 54.3 Å². The molecule has 0 bridgehead atoms. The zero-order valence-corrected chi connectivity index (χ0v) is 20.6. The fourth-order valence-corrected chi connectivity index (χ4v) is 4.00. The molecule has 35 heavy (non-hydrogen) atoms. The number of rotatable bonds is 9. The summed E-state index contributed by atoms with van der Waals surface area (Å²) in [5, 5.41) is 3.68. The number of pyridine rings is 1. The summed E-state index contributed by atoms with van der Waals surface area (Å²) in [6.07, 6.45) is -2.25. The van der Waals surface area contributed by atoms with Gasteiger partial charge in [-0.15, -0.1) is 0 Å². The fraction of sp³-hybridized carbons (Fsp3) is 0.280. The lowest BCUT2D eigenvalue weighted by molar-refractivity contribution is -0.141. The molecule has 0 unspecified atom stereocenters. The Morgan fingerprint density at radius 2 is 1.83 bits per heavy atom. The highest BCUT2D eigenvalue weighted by Gasteiger charge is 2.32. The average molecular weight is 526 g/mol. The van der Waals surface area contributed by atoms with Crippen LogP contribution in [0.3, 0.4) is 0 Å². The van der Waals surface area contributed by atoms with Gasteiger partial charge in [-0.25, -0.2) is 0 Å².